The highest BCUT2D eigenvalue weighted by Crippen LogP contribution is 2.31. The van der Waals surface area contributed by atoms with E-state index in [1.165, 1.54) is 12.1 Å². The number of anilines is 2. The van der Waals surface area contributed by atoms with E-state index in [1.54, 1.807) is 0 Å². The molecule has 0 atom stereocenters. The molecule has 0 aliphatic rings. The lowest BCUT2D eigenvalue weighted by Gasteiger charge is -2.09. The largest absolute Gasteiger partial charge is 0.416 e. The van der Waals surface area contributed by atoms with E-state index in [0.29, 0.717) is 5.56 Å². The molecule has 102 valence electrons. The van der Waals surface area contributed by atoms with Gasteiger partial charge in [0.05, 0.1) is 16.8 Å². The van der Waals surface area contributed by atoms with Crippen LogP contribution in [0.3, 0.4) is 0 Å². The van der Waals surface area contributed by atoms with Crippen molar-refractivity contribution in [3.8, 4) is 5.69 Å². The van der Waals surface area contributed by atoms with Gasteiger partial charge in [-0.3, -0.25) is 0 Å². The number of alkyl halides is 3. The van der Waals surface area contributed by atoms with E-state index in [-0.39, 0.29) is 23.9 Å². The first-order chi connectivity index (χ1) is 8.84. The lowest BCUT2D eigenvalue weighted by atomic mass is 10.2. The third-order valence-corrected chi connectivity index (χ3v) is 2.68. The van der Waals surface area contributed by atoms with Gasteiger partial charge in [-0.05, 0) is 18.2 Å². The van der Waals surface area contributed by atoms with Crippen molar-refractivity contribution in [1.82, 2.24) is 9.78 Å². The second-order valence-electron chi connectivity index (χ2n) is 3.91. The van der Waals surface area contributed by atoms with Crippen LogP contribution in [0.15, 0.2) is 24.3 Å². The van der Waals surface area contributed by atoms with E-state index < -0.39 is 11.7 Å². The summed E-state index contributed by atoms with van der Waals surface area (Å²) in [4.78, 5) is 0. The summed E-state index contributed by atoms with van der Waals surface area (Å²) in [6.45, 7) is 0.0661. The fourth-order valence-electron chi connectivity index (χ4n) is 1.70. The van der Waals surface area contributed by atoms with Crippen LogP contribution >= 0.6 is 0 Å². The first-order valence-electron chi connectivity index (χ1n) is 5.35. The number of nitrogens with two attached hydrogens (primary N) is 3. The molecule has 0 aliphatic heterocycles. The van der Waals surface area contributed by atoms with Gasteiger partial charge >= 0.3 is 6.18 Å². The summed E-state index contributed by atoms with van der Waals surface area (Å²) >= 11 is 0. The van der Waals surface area contributed by atoms with Gasteiger partial charge in [-0.1, -0.05) is 6.07 Å². The molecule has 8 heteroatoms. The molecule has 19 heavy (non-hydrogen) atoms. The summed E-state index contributed by atoms with van der Waals surface area (Å²) in [5, 5.41) is 3.90. The fraction of sp³-hybridized carbons (Fsp3) is 0.182. The molecule has 0 spiro atoms. The number of hydrogen-bond donors (Lipinski definition) is 3. The molecule has 0 saturated heterocycles. The van der Waals surface area contributed by atoms with Crippen molar-refractivity contribution in [2.75, 3.05) is 11.5 Å². The second kappa shape index (κ2) is 4.47. The first-order valence-corrected chi connectivity index (χ1v) is 5.35. The molecule has 0 radical (unpaired) electrons. The SMILES string of the molecule is NCc1c(N)nn(-c2cccc(C(F)(F)F)c2)c1N. The molecular formula is C11H12F3N5. The smallest absolute Gasteiger partial charge is 0.383 e. The van der Waals surface area contributed by atoms with Gasteiger partial charge in [-0.25, -0.2) is 4.68 Å². The highest BCUT2D eigenvalue weighted by atomic mass is 19.4. The van der Waals surface area contributed by atoms with Crippen LogP contribution in [0.5, 0.6) is 0 Å². The quantitative estimate of drug-likeness (QED) is 0.771. The minimum Gasteiger partial charge on any atom is -0.383 e. The van der Waals surface area contributed by atoms with Gasteiger partial charge in [0.25, 0.3) is 0 Å². The van der Waals surface area contributed by atoms with Crippen molar-refractivity contribution in [1.29, 1.82) is 0 Å². The minimum absolute atomic E-state index is 0.0661. The maximum absolute atomic E-state index is 12.6. The Bertz CT molecular complexity index is 603. The monoisotopic (exact) mass is 271 g/mol. The van der Waals surface area contributed by atoms with Crippen molar-refractivity contribution >= 4 is 11.6 Å². The van der Waals surface area contributed by atoms with Gasteiger partial charge in [0.15, 0.2) is 5.82 Å². The molecule has 0 aliphatic carbocycles. The average molecular weight is 271 g/mol. The molecule has 1 aromatic heterocycles. The van der Waals surface area contributed by atoms with Crippen LogP contribution < -0.4 is 17.2 Å². The number of aromatic nitrogens is 2. The molecule has 2 rings (SSSR count). The van der Waals surface area contributed by atoms with E-state index >= 15 is 0 Å². The third kappa shape index (κ3) is 2.34. The van der Waals surface area contributed by atoms with Crippen LogP contribution in [-0.2, 0) is 12.7 Å². The molecular weight excluding hydrogens is 259 g/mol. The summed E-state index contributed by atoms with van der Waals surface area (Å²) in [7, 11) is 0. The molecule has 0 bridgehead atoms. The Morgan fingerprint density at radius 1 is 1.21 bits per heavy atom. The van der Waals surface area contributed by atoms with E-state index in [4.69, 9.17) is 17.2 Å². The minimum atomic E-state index is -4.43. The molecule has 2 aromatic rings. The Hall–Kier alpha value is -2.22. The van der Waals surface area contributed by atoms with Gasteiger partial charge in [-0.15, -0.1) is 5.10 Å². The fourth-order valence-corrected chi connectivity index (χ4v) is 1.70. The Morgan fingerprint density at radius 2 is 1.89 bits per heavy atom. The van der Waals surface area contributed by atoms with Gasteiger partial charge < -0.3 is 17.2 Å². The van der Waals surface area contributed by atoms with E-state index in [0.717, 1.165) is 16.8 Å². The number of nitrogen functional groups attached to an aromatic ring is 2. The molecule has 1 heterocycles. The lowest BCUT2D eigenvalue weighted by Crippen LogP contribution is -2.08. The van der Waals surface area contributed by atoms with Crippen molar-refractivity contribution in [3.63, 3.8) is 0 Å². The Kier molecular flexibility index (Phi) is 3.11. The van der Waals surface area contributed by atoms with Crippen LogP contribution in [-0.4, -0.2) is 9.78 Å². The Morgan fingerprint density at radius 3 is 2.42 bits per heavy atom. The number of nitrogens with zero attached hydrogens (tertiary/aromatic N) is 2. The molecule has 0 fully saturated rings. The maximum Gasteiger partial charge on any atom is 0.416 e. The van der Waals surface area contributed by atoms with Crippen LogP contribution in [0.4, 0.5) is 24.8 Å². The number of hydrogen-bond acceptors (Lipinski definition) is 4. The Balaban J connectivity index is 2.54. The summed E-state index contributed by atoms with van der Waals surface area (Å²) in [6.07, 6.45) is -4.43. The predicted octanol–water partition coefficient (Wildman–Crippen LogP) is 1.51. The first kappa shape index (κ1) is 13.2. The lowest BCUT2D eigenvalue weighted by molar-refractivity contribution is -0.137. The topological polar surface area (TPSA) is 95.9 Å². The molecule has 0 unspecified atom stereocenters. The zero-order valence-corrected chi connectivity index (χ0v) is 9.78. The van der Waals surface area contributed by atoms with E-state index in [9.17, 15) is 13.2 Å². The zero-order chi connectivity index (χ0) is 14.2. The summed E-state index contributed by atoms with van der Waals surface area (Å²) < 4.78 is 39.0. The van der Waals surface area contributed by atoms with Crippen molar-refractivity contribution in [2.45, 2.75) is 12.7 Å². The van der Waals surface area contributed by atoms with Crippen molar-refractivity contribution in [3.05, 3.63) is 35.4 Å². The maximum atomic E-state index is 12.6. The zero-order valence-electron chi connectivity index (χ0n) is 9.78. The van der Waals surface area contributed by atoms with E-state index in [2.05, 4.69) is 5.10 Å². The average Bonchev–Trinajstić information content (AvgIpc) is 2.63. The molecule has 5 nitrogen and oxygen atoms in total. The number of rotatable bonds is 2. The highest BCUT2D eigenvalue weighted by molar-refractivity contribution is 5.58. The van der Waals surface area contributed by atoms with Gasteiger partial charge in [0.2, 0.25) is 0 Å². The standard InChI is InChI=1S/C11H12F3N5/c12-11(13,14)6-2-1-3-7(4-6)19-10(17)8(5-15)9(16)18-19/h1-4H,5,15,17H2,(H2,16,18). The Labute approximate surface area is 106 Å². The normalized spacial score (nSPS) is 11.8. The van der Waals surface area contributed by atoms with Crippen molar-refractivity contribution < 1.29 is 13.2 Å². The number of benzene rings is 1. The third-order valence-electron chi connectivity index (χ3n) is 2.68. The highest BCUT2D eigenvalue weighted by Gasteiger charge is 2.30. The number of halogens is 3. The van der Waals surface area contributed by atoms with Crippen LogP contribution in [0.1, 0.15) is 11.1 Å². The van der Waals surface area contributed by atoms with E-state index in [1.807, 2.05) is 0 Å². The van der Waals surface area contributed by atoms with Crippen LogP contribution in [0.2, 0.25) is 0 Å². The summed E-state index contributed by atoms with van der Waals surface area (Å²) in [6, 6.07) is 4.65. The van der Waals surface area contributed by atoms with Crippen LogP contribution in [0.25, 0.3) is 5.69 Å². The second-order valence-corrected chi connectivity index (χ2v) is 3.91. The van der Waals surface area contributed by atoms with Gasteiger partial charge in [0, 0.05) is 6.54 Å². The molecule has 6 N–H and O–H groups in total. The molecule has 0 saturated carbocycles. The molecule has 0 amide bonds. The van der Waals surface area contributed by atoms with Gasteiger partial charge in [-0.2, -0.15) is 13.2 Å². The summed E-state index contributed by atoms with van der Waals surface area (Å²) in [5.74, 6) is 0.247. The van der Waals surface area contributed by atoms with Crippen molar-refractivity contribution in [2.24, 2.45) is 5.73 Å². The molecule has 1 aromatic carbocycles. The van der Waals surface area contributed by atoms with Crippen LogP contribution in [0, 0.1) is 0 Å². The van der Waals surface area contributed by atoms with Gasteiger partial charge in [0.1, 0.15) is 5.82 Å². The predicted molar refractivity (Wildman–Crippen MR) is 65.3 cm³/mol. The summed E-state index contributed by atoms with van der Waals surface area (Å²) in [5.41, 5.74) is 16.6.